The van der Waals surface area contributed by atoms with Gasteiger partial charge in [0.05, 0.1) is 10.4 Å². The molecule has 0 bridgehead atoms. The van der Waals surface area contributed by atoms with E-state index in [1.165, 1.54) is 12.1 Å². The molecule has 12 heteroatoms. The number of alkyl halides is 3. The van der Waals surface area contributed by atoms with Crippen LogP contribution in [0.4, 0.5) is 24.5 Å². The Morgan fingerprint density at radius 3 is 2.29 bits per heavy atom. The maximum atomic E-state index is 13.2. The second-order valence-electron chi connectivity index (χ2n) is 7.16. The number of amides is 1. The van der Waals surface area contributed by atoms with Gasteiger partial charge < -0.3 is 10.4 Å². The van der Waals surface area contributed by atoms with Gasteiger partial charge >= 0.3 is 12.1 Å². The topological polar surface area (TPSA) is 138 Å². The highest BCUT2D eigenvalue weighted by Crippen LogP contribution is 2.36. The SMILES string of the molecule is O=C(Nc1ccc(-c2ccc3c(C(=O)O)n[nH]c3c2)cc1)c1ccc([N+](=O)[O-])c(C(F)(F)F)c1. The van der Waals surface area contributed by atoms with Crippen molar-refractivity contribution in [1.82, 2.24) is 10.2 Å². The number of carbonyl (C=O) groups excluding carboxylic acids is 1. The highest BCUT2D eigenvalue weighted by atomic mass is 19.4. The van der Waals surface area contributed by atoms with E-state index in [0.29, 0.717) is 23.0 Å². The number of nitro groups is 1. The fourth-order valence-electron chi connectivity index (χ4n) is 3.38. The minimum Gasteiger partial charge on any atom is -0.476 e. The summed E-state index contributed by atoms with van der Waals surface area (Å²) in [5.41, 5.74) is -0.876. The Kier molecular flexibility index (Phi) is 5.49. The zero-order valence-corrected chi connectivity index (χ0v) is 16.9. The van der Waals surface area contributed by atoms with Crippen molar-refractivity contribution in [3.63, 3.8) is 0 Å². The molecule has 1 aromatic heterocycles. The van der Waals surface area contributed by atoms with Gasteiger partial charge in [0.1, 0.15) is 5.56 Å². The Morgan fingerprint density at radius 1 is 1.00 bits per heavy atom. The molecule has 4 rings (SSSR count). The number of carboxylic acid groups (broad SMARTS) is 1. The van der Waals surface area contributed by atoms with Crippen molar-refractivity contribution >= 4 is 34.2 Å². The van der Waals surface area contributed by atoms with E-state index in [9.17, 15) is 32.9 Å². The number of aromatic amines is 1. The van der Waals surface area contributed by atoms with Gasteiger partial charge in [-0.25, -0.2) is 4.79 Å². The minimum absolute atomic E-state index is 0.0977. The lowest BCUT2D eigenvalue weighted by Crippen LogP contribution is -2.15. The molecule has 34 heavy (non-hydrogen) atoms. The van der Waals surface area contributed by atoms with E-state index >= 15 is 0 Å². The summed E-state index contributed by atoms with van der Waals surface area (Å²) in [6.45, 7) is 0. The molecular weight excluding hydrogens is 457 g/mol. The molecule has 0 aliphatic carbocycles. The van der Waals surface area contributed by atoms with Crippen LogP contribution in [0.15, 0.2) is 60.7 Å². The molecule has 172 valence electrons. The Morgan fingerprint density at radius 2 is 1.68 bits per heavy atom. The lowest BCUT2D eigenvalue weighted by molar-refractivity contribution is -0.388. The van der Waals surface area contributed by atoms with Crippen LogP contribution < -0.4 is 5.32 Å². The number of nitro benzene ring substituents is 1. The standard InChI is InChI=1S/C22H13F3N4O5/c23-22(24,25)16-9-13(4-8-18(16)29(33)34)20(30)26-14-5-1-11(2-6-14)12-3-7-15-17(10-12)27-28-19(15)21(31)32/h1-10H,(H,26,30)(H,27,28)(H,31,32). The zero-order valence-electron chi connectivity index (χ0n) is 16.9. The van der Waals surface area contributed by atoms with Gasteiger partial charge in [-0.2, -0.15) is 18.3 Å². The van der Waals surface area contributed by atoms with Crippen molar-refractivity contribution < 1.29 is 32.8 Å². The molecule has 0 spiro atoms. The fraction of sp³-hybridized carbons (Fsp3) is 0.0455. The van der Waals surface area contributed by atoms with Crippen molar-refractivity contribution in [3.05, 3.63) is 87.6 Å². The number of halogens is 3. The first-order chi connectivity index (χ1) is 16.0. The van der Waals surface area contributed by atoms with Crippen LogP contribution in [0.1, 0.15) is 26.4 Å². The first-order valence-corrected chi connectivity index (χ1v) is 9.53. The summed E-state index contributed by atoms with van der Waals surface area (Å²) in [7, 11) is 0. The van der Waals surface area contributed by atoms with Crippen molar-refractivity contribution in [2.45, 2.75) is 6.18 Å². The van der Waals surface area contributed by atoms with Crippen molar-refractivity contribution in [2.75, 3.05) is 5.32 Å². The Balaban J connectivity index is 1.55. The summed E-state index contributed by atoms with van der Waals surface area (Å²) >= 11 is 0. The van der Waals surface area contributed by atoms with Crippen LogP contribution >= 0.6 is 0 Å². The number of nitrogens with zero attached hydrogens (tertiary/aromatic N) is 2. The number of H-pyrrole nitrogens is 1. The van der Waals surface area contributed by atoms with Gasteiger partial charge in [0.25, 0.3) is 11.6 Å². The average Bonchev–Trinajstić information content (AvgIpc) is 3.22. The Hall–Kier alpha value is -4.74. The van der Waals surface area contributed by atoms with Gasteiger partial charge in [-0.1, -0.05) is 18.2 Å². The number of rotatable bonds is 5. The molecule has 4 aromatic rings. The lowest BCUT2D eigenvalue weighted by Gasteiger charge is -2.10. The minimum atomic E-state index is -5.00. The first-order valence-electron chi connectivity index (χ1n) is 9.53. The van der Waals surface area contributed by atoms with Gasteiger partial charge in [0, 0.05) is 22.7 Å². The van der Waals surface area contributed by atoms with Gasteiger partial charge in [-0.3, -0.25) is 20.0 Å². The molecular formula is C22H13F3N4O5. The second kappa shape index (κ2) is 8.31. The Bertz CT molecular complexity index is 1450. The number of hydrogen-bond acceptors (Lipinski definition) is 5. The first kappa shape index (κ1) is 22.5. The quantitative estimate of drug-likeness (QED) is 0.274. The van der Waals surface area contributed by atoms with E-state index in [2.05, 4.69) is 15.5 Å². The summed E-state index contributed by atoms with van der Waals surface area (Å²) in [5.74, 6) is -2.03. The third-order valence-corrected chi connectivity index (χ3v) is 5.00. The van der Waals surface area contributed by atoms with Gasteiger partial charge in [-0.15, -0.1) is 0 Å². The molecule has 0 atom stereocenters. The number of aromatic carboxylic acids is 1. The molecule has 3 N–H and O–H groups in total. The number of carbonyl (C=O) groups is 2. The maximum absolute atomic E-state index is 13.2. The molecule has 0 radical (unpaired) electrons. The van der Waals surface area contributed by atoms with Crippen LogP contribution in [0.5, 0.6) is 0 Å². The predicted octanol–water partition coefficient (Wildman–Crippen LogP) is 5.11. The van der Waals surface area contributed by atoms with Crippen LogP contribution in [0, 0.1) is 10.1 Å². The molecule has 0 fully saturated rings. The van der Waals surface area contributed by atoms with E-state index < -0.39 is 34.2 Å². The number of carboxylic acids is 1. The van der Waals surface area contributed by atoms with E-state index in [-0.39, 0.29) is 16.9 Å². The van der Waals surface area contributed by atoms with Crippen molar-refractivity contribution in [2.24, 2.45) is 0 Å². The molecule has 0 aliphatic heterocycles. The van der Waals surface area contributed by atoms with Crippen molar-refractivity contribution in [3.8, 4) is 11.1 Å². The molecule has 1 amide bonds. The van der Waals surface area contributed by atoms with Crippen LogP contribution in [0.3, 0.4) is 0 Å². The van der Waals surface area contributed by atoms with Crippen LogP contribution in [0.25, 0.3) is 22.0 Å². The number of anilines is 1. The number of benzene rings is 3. The molecule has 0 saturated heterocycles. The van der Waals surface area contributed by atoms with E-state index in [0.717, 1.165) is 17.2 Å². The Labute approximate surface area is 188 Å². The van der Waals surface area contributed by atoms with Gasteiger partial charge in [0.2, 0.25) is 0 Å². The predicted molar refractivity (Wildman–Crippen MR) is 115 cm³/mol. The van der Waals surface area contributed by atoms with E-state index in [1.807, 2.05) is 0 Å². The maximum Gasteiger partial charge on any atom is 0.423 e. The summed E-state index contributed by atoms with van der Waals surface area (Å²) in [5, 5.41) is 29.3. The number of nitrogens with one attached hydrogen (secondary N) is 2. The summed E-state index contributed by atoms with van der Waals surface area (Å²) < 4.78 is 39.5. The average molecular weight is 470 g/mol. The second-order valence-corrected chi connectivity index (χ2v) is 7.16. The van der Waals surface area contributed by atoms with Gasteiger partial charge in [0.15, 0.2) is 5.69 Å². The van der Waals surface area contributed by atoms with E-state index in [4.69, 9.17) is 5.11 Å². The number of aromatic nitrogens is 2. The third-order valence-electron chi connectivity index (χ3n) is 5.00. The highest BCUT2D eigenvalue weighted by molar-refractivity contribution is 6.05. The zero-order chi connectivity index (χ0) is 24.6. The number of hydrogen-bond donors (Lipinski definition) is 3. The monoisotopic (exact) mass is 470 g/mol. The van der Waals surface area contributed by atoms with Crippen LogP contribution in [-0.4, -0.2) is 32.1 Å². The lowest BCUT2D eigenvalue weighted by atomic mass is 10.0. The largest absolute Gasteiger partial charge is 0.476 e. The molecule has 0 aliphatic rings. The number of fused-ring (bicyclic) bond motifs is 1. The van der Waals surface area contributed by atoms with Crippen LogP contribution in [0.2, 0.25) is 0 Å². The summed E-state index contributed by atoms with van der Waals surface area (Å²) in [4.78, 5) is 33.3. The third kappa shape index (κ3) is 4.28. The summed E-state index contributed by atoms with van der Waals surface area (Å²) in [6.07, 6.45) is -5.00. The van der Waals surface area contributed by atoms with E-state index in [1.54, 1.807) is 30.3 Å². The summed E-state index contributed by atoms with van der Waals surface area (Å²) in [6, 6.07) is 13.4. The fourth-order valence-corrected chi connectivity index (χ4v) is 3.38. The van der Waals surface area contributed by atoms with Gasteiger partial charge in [-0.05, 0) is 47.5 Å². The van der Waals surface area contributed by atoms with Crippen LogP contribution in [-0.2, 0) is 6.18 Å². The highest BCUT2D eigenvalue weighted by Gasteiger charge is 2.38. The van der Waals surface area contributed by atoms with Crippen molar-refractivity contribution in [1.29, 1.82) is 0 Å². The molecule has 3 aromatic carbocycles. The normalized spacial score (nSPS) is 11.4. The molecule has 0 unspecified atom stereocenters. The smallest absolute Gasteiger partial charge is 0.423 e. The molecule has 1 heterocycles. The molecule has 9 nitrogen and oxygen atoms in total. The molecule has 0 saturated carbocycles.